The zero-order chi connectivity index (χ0) is 8.27. The van der Waals surface area contributed by atoms with Gasteiger partial charge in [0.05, 0.1) is 0 Å². The third kappa shape index (κ3) is 2.84. The number of halogens is 1. The van der Waals surface area contributed by atoms with Gasteiger partial charge in [-0.2, -0.15) is 0 Å². The molecule has 0 unspecified atom stereocenters. The molecule has 12 heavy (non-hydrogen) atoms. The van der Waals surface area contributed by atoms with Crippen LogP contribution in [0.4, 0.5) is 4.79 Å². The van der Waals surface area contributed by atoms with Crippen LogP contribution in [-0.2, 0) is 0 Å². The summed E-state index contributed by atoms with van der Waals surface area (Å²) in [6, 6.07) is 0.283. The Hall–Kier alpha value is -0.520. The van der Waals surface area contributed by atoms with E-state index in [0.29, 0.717) is 13.1 Å². The van der Waals surface area contributed by atoms with Crippen LogP contribution in [0.3, 0.4) is 0 Å². The highest BCUT2D eigenvalue weighted by molar-refractivity contribution is 5.85. The first-order valence-electron chi connectivity index (χ1n) is 3.68. The van der Waals surface area contributed by atoms with E-state index in [0.717, 1.165) is 12.8 Å². The molecule has 0 radical (unpaired) electrons. The molecule has 4 N–H and O–H groups in total. The van der Waals surface area contributed by atoms with E-state index in [2.05, 4.69) is 5.43 Å². The van der Waals surface area contributed by atoms with Gasteiger partial charge in [-0.15, -0.1) is 12.4 Å². The minimum absolute atomic E-state index is 0. The average molecular weight is 196 g/mol. The summed E-state index contributed by atoms with van der Waals surface area (Å²) in [6.07, 6.45) is 0.784. The van der Waals surface area contributed by atoms with Crippen molar-refractivity contribution in [2.75, 3.05) is 13.1 Å². The van der Waals surface area contributed by atoms with E-state index in [1.54, 1.807) is 0 Å². The maximum Gasteiger partial charge on any atom is 0.407 e. The number of amides is 1. The molecular weight excluding hydrogens is 182 g/mol. The zero-order valence-electron chi connectivity index (χ0n) is 6.69. The predicted molar refractivity (Wildman–Crippen MR) is 47.2 cm³/mol. The lowest BCUT2D eigenvalue weighted by Gasteiger charge is -2.29. The Labute approximate surface area is 77.3 Å². The van der Waals surface area contributed by atoms with Crippen molar-refractivity contribution in [2.45, 2.75) is 18.9 Å². The molecule has 0 aliphatic carbocycles. The summed E-state index contributed by atoms with van der Waals surface area (Å²) >= 11 is 0. The van der Waals surface area contributed by atoms with Gasteiger partial charge in [0.15, 0.2) is 0 Å². The van der Waals surface area contributed by atoms with Gasteiger partial charge in [0.25, 0.3) is 0 Å². The van der Waals surface area contributed by atoms with Crippen LogP contribution in [-0.4, -0.2) is 35.2 Å². The fourth-order valence-corrected chi connectivity index (χ4v) is 1.24. The third-order valence-electron chi connectivity index (χ3n) is 2.00. The lowest BCUT2D eigenvalue weighted by atomic mass is 10.1. The molecule has 1 amide bonds. The first-order chi connectivity index (χ1) is 5.24. The molecule has 1 aliphatic rings. The smallest absolute Gasteiger partial charge is 0.407 e. The summed E-state index contributed by atoms with van der Waals surface area (Å²) in [5, 5.41) is 8.57. The molecule has 0 atom stereocenters. The van der Waals surface area contributed by atoms with Crippen molar-refractivity contribution < 1.29 is 9.90 Å². The molecule has 0 aromatic rings. The standard InChI is InChI=1S/C6H13N3O2.ClH/c7-8-5-1-3-9(4-2-5)6(10)11;/h5,8H,1-4,7H2,(H,10,11);1H. The normalized spacial score (nSPS) is 18.6. The SMILES string of the molecule is Cl.NNC1CCN(C(=O)O)CC1. The van der Waals surface area contributed by atoms with Crippen molar-refractivity contribution in [3.05, 3.63) is 0 Å². The molecule has 0 saturated carbocycles. The average Bonchev–Trinajstić information content (AvgIpc) is 2.05. The van der Waals surface area contributed by atoms with Gasteiger partial charge in [0.1, 0.15) is 0 Å². The lowest BCUT2D eigenvalue weighted by Crippen LogP contribution is -2.46. The Morgan fingerprint density at radius 1 is 1.50 bits per heavy atom. The van der Waals surface area contributed by atoms with Crippen molar-refractivity contribution >= 4 is 18.5 Å². The molecule has 1 aliphatic heterocycles. The number of nitrogens with zero attached hydrogens (tertiary/aromatic N) is 1. The Morgan fingerprint density at radius 2 is 2.00 bits per heavy atom. The van der Waals surface area contributed by atoms with Gasteiger partial charge in [-0.3, -0.25) is 11.3 Å². The van der Waals surface area contributed by atoms with Crippen LogP contribution in [0.1, 0.15) is 12.8 Å². The second kappa shape index (κ2) is 5.18. The van der Waals surface area contributed by atoms with Crippen LogP contribution in [0.2, 0.25) is 0 Å². The van der Waals surface area contributed by atoms with Gasteiger partial charge < -0.3 is 10.0 Å². The van der Waals surface area contributed by atoms with Crippen molar-refractivity contribution in [1.82, 2.24) is 10.3 Å². The quantitative estimate of drug-likeness (QED) is 0.407. The van der Waals surface area contributed by atoms with Crippen LogP contribution in [0.5, 0.6) is 0 Å². The van der Waals surface area contributed by atoms with Crippen molar-refractivity contribution in [2.24, 2.45) is 5.84 Å². The number of piperidine rings is 1. The van der Waals surface area contributed by atoms with Gasteiger partial charge >= 0.3 is 6.09 Å². The monoisotopic (exact) mass is 195 g/mol. The summed E-state index contributed by atoms with van der Waals surface area (Å²) in [5.74, 6) is 5.21. The second-order valence-corrected chi connectivity index (χ2v) is 2.71. The number of hydrogen-bond donors (Lipinski definition) is 3. The maximum atomic E-state index is 10.4. The minimum atomic E-state index is -0.833. The summed E-state index contributed by atoms with van der Waals surface area (Å²) in [7, 11) is 0. The molecule has 0 spiro atoms. The van der Waals surface area contributed by atoms with Crippen LogP contribution in [0.25, 0.3) is 0 Å². The van der Waals surface area contributed by atoms with Gasteiger partial charge in [-0.1, -0.05) is 0 Å². The Balaban J connectivity index is 0.00000121. The zero-order valence-corrected chi connectivity index (χ0v) is 7.51. The molecule has 0 aromatic carbocycles. The molecule has 1 fully saturated rings. The van der Waals surface area contributed by atoms with Crippen molar-refractivity contribution in [3.63, 3.8) is 0 Å². The van der Waals surface area contributed by atoms with E-state index >= 15 is 0 Å². The van der Waals surface area contributed by atoms with Gasteiger partial charge in [-0.05, 0) is 12.8 Å². The van der Waals surface area contributed by atoms with E-state index in [9.17, 15) is 4.79 Å². The molecule has 0 bridgehead atoms. The van der Waals surface area contributed by atoms with E-state index in [4.69, 9.17) is 10.9 Å². The number of rotatable bonds is 1. The van der Waals surface area contributed by atoms with Gasteiger partial charge in [-0.25, -0.2) is 4.79 Å². The summed E-state index contributed by atoms with van der Waals surface area (Å²) in [4.78, 5) is 11.8. The number of hydrazine groups is 1. The van der Waals surface area contributed by atoms with Crippen molar-refractivity contribution in [1.29, 1.82) is 0 Å². The van der Waals surface area contributed by atoms with Gasteiger partial charge in [0, 0.05) is 19.1 Å². The fraction of sp³-hybridized carbons (Fsp3) is 0.833. The molecular formula is C6H14ClN3O2. The number of nitrogens with one attached hydrogen (secondary N) is 1. The van der Waals surface area contributed by atoms with Crippen LogP contribution < -0.4 is 11.3 Å². The Morgan fingerprint density at radius 3 is 2.33 bits per heavy atom. The first kappa shape index (κ1) is 11.5. The molecule has 6 heteroatoms. The number of carbonyl (C=O) groups is 1. The number of likely N-dealkylation sites (tertiary alicyclic amines) is 1. The number of hydrogen-bond acceptors (Lipinski definition) is 3. The number of carboxylic acid groups (broad SMARTS) is 1. The molecule has 1 saturated heterocycles. The minimum Gasteiger partial charge on any atom is -0.465 e. The lowest BCUT2D eigenvalue weighted by molar-refractivity contribution is 0.129. The first-order valence-corrected chi connectivity index (χ1v) is 3.68. The fourth-order valence-electron chi connectivity index (χ4n) is 1.24. The van der Waals surface area contributed by atoms with Crippen LogP contribution >= 0.6 is 12.4 Å². The van der Waals surface area contributed by atoms with Crippen LogP contribution in [0, 0.1) is 0 Å². The predicted octanol–water partition coefficient (Wildman–Crippen LogP) is 0.0139. The summed E-state index contributed by atoms with van der Waals surface area (Å²) in [6.45, 7) is 1.17. The summed E-state index contributed by atoms with van der Waals surface area (Å²) < 4.78 is 0. The Kier molecular flexibility index (Phi) is 4.96. The topological polar surface area (TPSA) is 78.6 Å². The van der Waals surface area contributed by atoms with E-state index in [-0.39, 0.29) is 18.4 Å². The molecule has 72 valence electrons. The van der Waals surface area contributed by atoms with E-state index in [1.807, 2.05) is 0 Å². The Bertz CT molecular complexity index is 148. The largest absolute Gasteiger partial charge is 0.465 e. The van der Waals surface area contributed by atoms with E-state index < -0.39 is 6.09 Å². The molecule has 0 aromatic heterocycles. The molecule has 1 heterocycles. The summed E-state index contributed by atoms with van der Waals surface area (Å²) in [5.41, 5.74) is 2.64. The van der Waals surface area contributed by atoms with Crippen molar-refractivity contribution in [3.8, 4) is 0 Å². The third-order valence-corrected chi connectivity index (χ3v) is 2.00. The maximum absolute atomic E-state index is 10.4. The van der Waals surface area contributed by atoms with Gasteiger partial charge in [0.2, 0.25) is 0 Å². The highest BCUT2D eigenvalue weighted by Crippen LogP contribution is 2.08. The number of nitrogens with two attached hydrogens (primary N) is 1. The highest BCUT2D eigenvalue weighted by atomic mass is 35.5. The molecule has 5 nitrogen and oxygen atoms in total. The second-order valence-electron chi connectivity index (χ2n) is 2.71. The highest BCUT2D eigenvalue weighted by Gasteiger charge is 2.20. The van der Waals surface area contributed by atoms with Crippen LogP contribution in [0.15, 0.2) is 0 Å². The molecule has 1 rings (SSSR count). The van der Waals surface area contributed by atoms with E-state index in [1.165, 1.54) is 4.90 Å².